The van der Waals surface area contributed by atoms with Crippen LogP contribution in [-0.4, -0.2) is 19.7 Å². The number of alkyl halides is 3. The molecule has 118 valence electrons. The molecule has 0 bridgehead atoms. The Bertz CT molecular complexity index is 872. The standard InChI is InChI=1S/C13H7F3N4O2S/c14-13(15,16)11-4-5-17-19(11)12-18-10(7-23-12)8-2-1-3-9(6-8)20(21)22/h1-7H. The van der Waals surface area contributed by atoms with Crippen molar-refractivity contribution in [2.75, 3.05) is 0 Å². The van der Waals surface area contributed by atoms with Gasteiger partial charge in [-0.15, -0.1) is 11.3 Å². The Morgan fingerprint density at radius 3 is 2.74 bits per heavy atom. The van der Waals surface area contributed by atoms with Crippen LogP contribution in [0.25, 0.3) is 16.4 Å². The van der Waals surface area contributed by atoms with Crippen molar-refractivity contribution in [2.24, 2.45) is 0 Å². The van der Waals surface area contributed by atoms with E-state index in [2.05, 4.69) is 10.1 Å². The van der Waals surface area contributed by atoms with Crippen molar-refractivity contribution in [3.8, 4) is 16.4 Å². The van der Waals surface area contributed by atoms with E-state index in [1.54, 1.807) is 6.07 Å². The monoisotopic (exact) mass is 340 g/mol. The SMILES string of the molecule is O=[N+]([O-])c1cccc(-c2csc(-n3nccc3C(F)(F)F)n2)c1. The summed E-state index contributed by atoms with van der Waals surface area (Å²) in [5.74, 6) is 0. The first-order chi connectivity index (χ1) is 10.9. The van der Waals surface area contributed by atoms with Crippen molar-refractivity contribution in [3.63, 3.8) is 0 Å². The van der Waals surface area contributed by atoms with Gasteiger partial charge in [0.05, 0.1) is 16.8 Å². The van der Waals surface area contributed by atoms with E-state index in [1.165, 1.54) is 23.6 Å². The molecule has 10 heteroatoms. The van der Waals surface area contributed by atoms with E-state index in [9.17, 15) is 23.3 Å². The predicted molar refractivity (Wildman–Crippen MR) is 76.3 cm³/mol. The zero-order valence-corrected chi connectivity index (χ0v) is 12.0. The normalized spacial score (nSPS) is 11.6. The van der Waals surface area contributed by atoms with Gasteiger partial charge in [0.1, 0.15) is 0 Å². The van der Waals surface area contributed by atoms with Crippen LogP contribution in [0.3, 0.4) is 0 Å². The van der Waals surface area contributed by atoms with Gasteiger partial charge >= 0.3 is 6.18 Å². The van der Waals surface area contributed by atoms with Crippen LogP contribution in [0.1, 0.15) is 5.69 Å². The summed E-state index contributed by atoms with van der Waals surface area (Å²) in [4.78, 5) is 14.3. The van der Waals surface area contributed by atoms with Crippen LogP contribution >= 0.6 is 11.3 Å². The number of benzene rings is 1. The number of nitro benzene ring substituents is 1. The van der Waals surface area contributed by atoms with Crippen LogP contribution in [0.5, 0.6) is 0 Å². The highest BCUT2D eigenvalue weighted by molar-refractivity contribution is 7.12. The van der Waals surface area contributed by atoms with Crippen molar-refractivity contribution in [1.29, 1.82) is 0 Å². The average molecular weight is 340 g/mol. The molecule has 1 aromatic carbocycles. The molecule has 23 heavy (non-hydrogen) atoms. The third kappa shape index (κ3) is 2.93. The number of nitro groups is 1. The summed E-state index contributed by atoms with van der Waals surface area (Å²) in [6, 6.07) is 6.58. The van der Waals surface area contributed by atoms with Gasteiger partial charge in [0.2, 0.25) is 5.13 Å². The van der Waals surface area contributed by atoms with Crippen molar-refractivity contribution >= 4 is 17.0 Å². The number of non-ortho nitro benzene ring substituents is 1. The fraction of sp³-hybridized carbons (Fsp3) is 0.0769. The molecular weight excluding hydrogens is 333 g/mol. The number of hydrogen-bond acceptors (Lipinski definition) is 5. The number of rotatable bonds is 3. The summed E-state index contributed by atoms with van der Waals surface area (Å²) in [6.07, 6.45) is -3.51. The predicted octanol–water partition coefficient (Wildman–Crippen LogP) is 3.92. The quantitative estimate of drug-likeness (QED) is 0.535. The number of halogens is 3. The molecule has 0 radical (unpaired) electrons. The lowest BCUT2D eigenvalue weighted by atomic mass is 10.1. The van der Waals surface area contributed by atoms with Gasteiger partial charge in [-0.2, -0.15) is 18.3 Å². The van der Waals surface area contributed by atoms with Crippen LogP contribution < -0.4 is 0 Å². The van der Waals surface area contributed by atoms with Gasteiger partial charge in [-0.25, -0.2) is 9.67 Å². The van der Waals surface area contributed by atoms with E-state index in [1.807, 2.05) is 0 Å². The first-order valence-corrected chi connectivity index (χ1v) is 7.06. The summed E-state index contributed by atoms with van der Waals surface area (Å²) in [5.41, 5.74) is -0.260. The molecule has 0 unspecified atom stereocenters. The zero-order chi connectivity index (χ0) is 16.6. The fourth-order valence-electron chi connectivity index (χ4n) is 1.94. The molecule has 0 aliphatic rings. The van der Waals surface area contributed by atoms with Crippen molar-refractivity contribution < 1.29 is 18.1 Å². The number of thiazole rings is 1. The molecule has 0 aliphatic heterocycles. The summed E-state index contributed by atoms with van der Waals surface area (Å²) >= 11 is 0.966. The minimum Gasteiger partial charge on any atom is -0.258 e. The number of hydrogen-bond donors (Lipinski definition) is 0. The van der Waals surface area contributed by atoms with Gasteiger partial charge in [-0.05, 0) is 6.07 Å². The maximum Gasteiger partial charge on any atom is 0.433 e. The maximum absolute atomic E-state index is 12.9. The summed E-state index contributed by atoms with van der Waals surface area (Å²) < 4.78 is 39.3. The Morgan fingerprint density at radius 2 is 2.04 bits per heavy atom. The lowest BCUT2D eigenvalue weighted by molar-refractivity contribution is -0.384. The summed E-state index contributed by atoms with van der Waals surface area (Å²) in [5, 5.41) is 16.0. The van der Waals surface area contributed by atoms with Crippen molar-refractivity contribution in [2.45, 2.75) is 6.18 Å². The summed E-state index contributed by atoms with van der Waals surface area (Å²) in [6.45, 7) is 0. The molecule has 3 rings (SSSR count). The minimum atomic E-state index is -4.55. The second-order valence-corrected chi connectivity index (χ2v) is 5.29. The minimum absolute atomic E-state index is 0.0313. The maximum atomic E-state index is 12.9. The molecule has 0 saturated heterocycles. The Labute approximate surface area is 131 Å². The molecule has 0 spiro atoms. The Hall–Kier alpha value is -2.75. The van der Waals surface area contributed by atoms with Crippen LogP contribution in [0, 0.1) is 10.1 Å². The second-order valence-electron chi connectivity index (χ2n) is 4.45. The lowest BCUT2D eigenvalue weighted by Gasteiger charge is -2.07. The molecule has 3 aromatic rings. The third-order valence-corrected chi connectivity index (χ3v) is 3.78. The van der Waals surface area contributed by atoms with E-state index < -0.39 is 16.8 Å². The van der Waals surface area contributed by atoms with Crippen LogP contribution in [0.2, 0.25) is 0 Å². The van der Waals surface area contributed by atoms with Gasteiger partial charge in [0.25, 0.3) is 5.69 Å². The largest absolute Gasteiger partial charge is 0.433 e. The highest BCUT2D eigenvalue weighted by atomic mass is 32.1. The van der Waals surface area contributed by atoms with E-state index in [0.717, 1.165) is 23.6 Å². The highest BCUT2D eigenvalue weighted by Gasteiger charge is 2.35. The van der Waals surface area contributed by atoms with Crippen LogP contribution in [0.4, 0.5) is 18.9 Å². The molecule has 0 N–H and O–H groups in total. The van der Waals surface area contributed by atoms with Crippen LogP contribution in [-0.2, 0) is 6.18 Å². The second kappa shape index (κ2) is 5.47. The zero-order valence-electron chi connectivity index (χ0n) is 11.2. The highest BCUT2D eigenvalue weighted by Crippen LogP contribution is 2.32. The molecule has 2 heterocycles. The van der Waals surface area contributed by atoms with Gasteiger partial charge in [0.15, 0.2) is 5.69 Å². The average Bonchev–Trinajstić information content (AvgIpc) is 3.15. The summed E-state index contributed by atoms with van der Waals surface area (Å²) in [7, 11) is 0. The van der Waals surface area contributed by atoms with Gasteiger partial charge in [0, 0.05) is 23.1 Å². The van der Waals surface area contributed by atoms with Gasteiger partial charge in [-0.3, -0.25) is 10.1 Å². The van der Waals surface area contributed by atoms with Crippen molar-refractivity contribution in [3.05, 3.63) is 57.7 Å². The Morgan fingerprint density at radius 1 is 1.26 bits per heavy atom. The Balaban J connectivity index is 2.00. The first-order valence-electron chi connectivity index (χ1n) is 6.18. The smallest absolute Gasteiger partial charge is 0.258 e. The third-order valence-electron chi connectivity index (χ3n) is 2.96. The fourth-order valence-corrected chi connectivity index (χ4v) is 2.75. The molecule has 0 saturated carbocycles. The van der Waals surface area contributed by atoms with E-state index in [4.69, 9.17) is 0 Å². The van der Waals surface area contributed by atoms with E-state index >= 15 is 0 Å². The first kappa shape index (κ1) is 15.2. The molecule has 0 amide bonds. The molecule has 0 aliphatic carbocycles. The van der Waals surface area contributed by atoms with Crippen LogP contribution in [0.15, 0.2) is 41.9 Å². The molecule has 0 fully saturated rings. The molecule has 2 aromatic heterocycles. The molecule has 6 nitrogen and oxygen atoms in total. The Kier molecular flexibility index (Phi) is 3.60. The number of aromatic nitrogens is 3. The van der Waals surface area contributed by atoms with Gasteiger partial charge in [-0.1, -0.05) is 12.1 Å². The van der Waals surface area contributed by atoms with Gasteiger partial charge < -0.3 is 0 Å². The number of nitrogens with zero attached hydrogens (tertiary/aromatic N) is 4. The lowest BCUT2D eigenvalue weighted by Crippen LogP contribution is -2.13. The molecular formula is C13H7F3N4O2S. The van der Waals surface area contributed by atoms with E-state index in [0.29, 0.717) is 15.9 Å². The topological polar surface area (TPSA) is 73.8 Å². The van der Waals surface area contributed by atoms with E-state index in [-0.39, 0.29) is 10.8 Å². The molecule has 0 atom stereocenters. The van der Waals surface area contributed by atoms with Crippen molar-refractivity contribution in [1.82, 2.24) is 14.8 Å².